The molecule has 5 aromatic rings. The number of nitrogens with two attached hydrogens (primary N) is 1. The van der Waals surface area contributed by atoms with E-state index in [2.05, 4.69) is 22.4 Å². The van der Waals surface area contributed by atoms with E-state index in [4.69, 9.17) is 5.73 Å². The van der Waals surface area contributed by atoms with Gasteiger partial charge in [0.2, 0.25) is 11.8 Å². The third kappa shape index (κ3) is 9.28. The minimum Gasteiger partial charge on any atom is -0.354 e. The van der Waals surface area contributed by atoms with Crippen LogP contribution in [0.15, 0.2) is 121 Å². The quantitative estimate of drug-likeness (QED) is 0.152. The number of likely N-dealkylation sites (N-methyl/N-ethyl adjacent to an activating group) is 2. The molecule has 3 atom stereocenters. The fraction of sp³-hybridized carbons (Fsp3) is 0.250. The van der Waals surface area contributed by atoms with Crippen LogP contribution in [0.5, 0.6) is 0 Å². The second-order valence-corrected chi connectivity index (χ2v) is 13.3. The lowest BCUT2D eigenvalue weighted by Gasteiger charge is -2.34. The van der Waals surface area contributed by atoms with Gasteiger partial charge in [-0.15, -0.1) is 11.3 Å². The Balaban J connectivity index is 1.42. The summed E-state index contributed by atoms with van der Waals surface area (Å²) >= 11 is 1.54. The first-order valence-corrected chi connectivity index (χ1v) is 17.3. The lowest BCUT2D eigenvalue weighted by molar-refractivity contribution is -0.142. The first-order valence-electron chi connectivity index (χ1n) is 16.4. The summed E-state index contributed by atoms with van der Waals surface area (Å²) in [5, 5.41) is 5.00. The van der Waals surface area contributed by atoms with E-state index in [1.54, 1.807) is 56.0 Å². The minimum absolute atomic E-state index is 0.247. The molecule has 0 spiro atoms. The summed E-state index contributed by atoms with van der Waals surface area (Å²) in [4.78, 5) is 50.4. The van der Waals surface area contributed by atoms with Crippen LogP contribution in [0.4, 0.5) is 0 Å². The third-order valence-electron chi connectivity index (χ3n) is 8.78. The Morgan fingerprint density at radius 3 is 2.16 bits per heavy atom. The summed E-state index contributed by atoms with van der Waals surface area (Å²) in [6, 6.07) is 31.1. The van der Waals surface area contributed by atoms with Crippen molar-refractivity contribution in [1.82, 2.24) is 20.1 Å². The van der Waals surface area contributed by atoms with Crippen molar-refractivity contribution in [3.63, 3.8) is 0 Å². The van der Waals surface area contributed by atoms with Crippen LogP contribution in [0.25, 0.3) is 11.1 Å². The Hall–Kier alpha value is -5.12. The molecular weight excluding hydrogens is 631 g/mol. The summed E-state index contributed by atoms with van der Waals surface area (Å²) in [5.41, 5.74) is 11.5. The number of pyridine rings is 1. The number of nitrogens with zero attached hydrogens (tertiary/aromatic N) is 3. The molecule has 5 rings (SSSR count). The van der Waals surface area contributed by atoms with Gasteiger partial charge in [-0.1, -0.05) is 72.8 Å². The Morgan fingerprint density at radius 1 is 0.776 bits per heavy atom. The molecule has 252 valence electrons. The average Bonchev–Trinajstić information content (AvgIpc) is 3.66. The van der Waals surface area contributed by atoms with Crippen LogP contribution < -0.4 is 11.1 Å². The first-order chi connectivity index (χ1) is 23.7. The maximum Gasteiger partial charge on any atom is 0.254 e. The third-order valence-corrected chi connectivity index (χ3v) is 9.68. The largest absolute Gasteiger partial charge is 0.354 e. The Morgan fingerprint density at radius 2 is 1.49 bits per heavy atom. The number of carbonyl (C=O) groups is 3. The fourth-order valence-electron chi connectivity index (χ4n) is 5.79. The molecule has 0 saturated carbocycles. The van der Waals surface area contributed by atoms with E-state index in [1.807, 2.05) is 85.1 Å². The number of aromatic nitrogens is 1. The molecule has 3 amide bonds. The molecule has 2 aromatic heterocycles. The molecule has 9 heteroatoms. The van der Waals surface area contributed by atoms with Crippen LogP contribution in [0.2, 0.25) is 0 Å². The number of nitrogens with one attached hydrogen (secondary N) is 1. The summed E-state index contributed by atoms with van der Waals surface area (Å²) in [5.74, 6) is -0.869. The highest BCUT2D eigenvalue weighted by atomic mass is 32.1. The molecule has 0 fully saturated rings. The van der Waals surface area contributed by atoms with E-state index in [0.717, 1.165) is 32.7 Å². The molecule has 0 radical (unpaired) electrons. The Bertz CT molecular complexity index is 1810. The lowest BCUT2D eigenvalue weighted by Crippen LogP contribution is -2.56. The van der Waals surface area contributed by atoms with Gasteiger partial charge in [-0.3, -0.25) is 19.4 Å². The van der Waals surface area contributed by atoms with Crippen molar-refractivity contribution in [3.8, 4) is 11.1 Å². The maximum atomic E-state index is 14.6. The van der Waals surface area contributed by atoms with Crippen molar-refractivity contribution in [3.05, 3.63) is 148 Å². The zero-order valence-corrected chi connectivity index (χ0v) is 29.0. The molecule has 3 N–H and O–H groups in total. The molecule has 0 aliphatic heterocycles. The van der Waals surface area contributed by atoms with Gasteiger partial charge in [-0.05, 0) is 76.9 Å². The molecule has 0 bridgehead atoms. The lowest BCUT2D eigenvalue weighted by atomic mass is 9.98. The smallest absolute Gasteiger partial charge is 0.254 e. The molecule has 3 unspecified atom stereocenters. The normalized spacial score (nSPS) is 12.8. The van der Waals surface area contributed by atoms with Crippen LogP contribution in [0.3, 0.4) is 0 Å². The summed E-state index contributed by atoms with van der Waals surface area (Å²) in [7, 11) is 3.31. The Labute approximate surface area is 292 Å². The Kier molecular flexibility index (Phi) is 12.1. The van der Waals surface area contributed by atoms with E-state index in [-0.39, 0.29) is 30.2 Å². The molecule has 2 heterocycles. The van der Waals surface area contributed by atoms with Gasteiger partial charge in [-0.25, -0.2) is 0 Å². The number of rotatable bonds is 14. The SMILES string of the molecule is CC(N)c1cccc(C(=O)N(C)C(Cc2ccc(-c3ccccc3)cc2)C(=O)N(C)C(Cc2cccs2)C(=O)NCCc2ccncc2)c1. The first kappa shape index (κ1) is 35.2. The number of amides is 3. The highest BCUT2D eigenvalue weighted by Crippen LogP contribution is 2.23. The van der Waals surface area contributed by atoms with Crippen molar-refractivity contribution in [2.75, 3.05) is 20.6 Å². The molecule has 8 nitrogen and oxygen atoms in total. The number of carbonyl (C=O) groups excluding carboxylic acids is 3. The standard InChI is InChI=1S/C40H43N5O3S/c1-28(41)33-11-7-12-34(26-33)39(47)45(3)37(25-30-14-16-32(17-15-30)31-9-5-4-6-10-31)40(48)44(2)36(27-35-13-8-24-49-35)38(46)43-23-20-29-18-21-42-22-19-29/h4-19,21-22,24,26,28,36-37H,20,23,25,27,41H2,1-3H3,(H,43,46). The van der Waals surface area contributed by atoms with E-state index < -0.39 is 12.1 Å². The predicted molar refractivity (Wildman–Crippen MR) is 196 cm³/mol. The maximum absolute atomic E-state index is 14.6. The average molecular weight is 674 g/mol. The molecule has 0 saturated heterocycles. The summed E-state index contributed by atoms with van der Waals surface area (Å²) < 4.78 is 0. The van der Waals surface area contributed by atoms with E-state index in [0.29, 0.717) is 24.9 Å². The minimum atomic E-state index is -0.880. The van der Waals surface area contributed by atoms with E-state index >= 15 is 0 Å². The second kappa shape index (κ2) is 16.8. The van der Waals surface area contributed by atoms with E-state index in [9.17, 15) is 14.4 Å². The monoisotopic (exact) mass is 673 g/mol. The molecule has 3 aromatic carbocycles. The highest BCUT2D eigenvalue weighted by molar-refractivity contribution is 7.09. The van der Waals surface area contributed by atoms with Crippen LogP contribution in [-0.4, -0.2) is 65.2 Å². The fourth-order valence-corrected chi connectivity index (χ4v) is 6.53. The van der Waals surface area contributed by atoms with Crippen molar-refractivity contribution in [2.24, 2.45) is 5.73 Å². The number of benzene rings is 3. The van der Waals surface area contributed by atoms with Crippen molar-refractivity contribution >= 4 is 29.1 Å². The van der Waals surface area contributed by atoms with Crippen molar-refractivity contribution < 1.29 is 14.4 Å². The van der Waals surface area contributed by atoms with E-state index in [1.165, 1.54) is 9.80 Å². The second-order valence-electron chi connectivity index (χ2n) is 12.3. The summed E-state index contributed by atoms with van der Waals surface area (Å²) in [6.07, 6.45) is 4.71. The summed E-state index contributed by atoms with van der Waals surface area (Å²) in [6.45, 7) is 2.28. The van der Waals surface area contributed by atoms with Gasteiger partial charge in [-0.2, -0.15) is 0 Å². The van der Waals surface area contributed by atoms with Crippen LogP contribution in [0.1, 0.15) is 44.9 Å². The predicted octanol–water partition coefficient (Wildman–Crippen LogP) is 5.94. The van der Waals surface area contributed by atoms with Gasteiger partial charge in [0, 0.05) is 62.4 Å². The number of hydrogen-bond acceptors (Lipinski definition) is 6. The van der Waals surface area contributed by atoms with Crippen LogP contribution in [0, 0.1) is 0 Å². The van der Waals surface area contributed by atoms with Crippen LogP contribution in [-0.2, 0) is 28.9 Å². The zero-order chi connectivity index (χ0) is 34.8. The van der Waals surface area contributed by atoms with Gasteiger partial charge in [0.1, 0.15) is 12.1 Å². The van der Waals surface area contributed by atoms with Crippen LogP contribution >= 0.6 is 11.3 Å². The van der Waals surface area contributed by atoms with Gasteiger partial charge >= 0.3 is 0 Å². The van der Waals surface area contributed by atoms with Gasteiger partial charge in [0.25, 0.3) is 5.91 Å². The molecule has 0 aliphatic rings. The highest BCUT2D eigenvalue weighted by Gasteiger charge is 2.35. The van der Waals surface area contributed by atoms with Crippen molar-refractivity contribution in [2.45, 2.75) is 44.3 Å². The van der Waals surface area contributed by atoms with Gasteiger partial charge in [0.15, 0.2) is 0 Å². The zero-order valence-electron chi connectivity index (χ0n) is 28.2. The molecule has 0 aliphatic carbocycles. The number of thiophene rings is 1. The molecular formula is C40H43N5O3S. The van der Waals surface area contributed by atoms with Crippen molar-refractivity contribution in [1.29, 1.82) is 0 Å². The topological polar surface area (TPSA) is 109 Å². The molecule has 49 heavy (non-hydrogen) atoms. The van der Waals surface area contributed by atoms with Gasteiger partial charge < -0.3 is 20.9 Å². The van der Waals surface area contributed by atoms with Gasteiger partial charge in [0.05, 0.1) is 0 Å². The number of hydrogen-bond donors (Lipinski definition) is 2.